The highest BCUT2D eigenvalue weighted by Crippen LogP contribution is 2.04. The van der Waals surface area contributed by atoms with Gasteiger partial charge in [-0.05, 0) is 45.5 Å². The molecular formula is C15H25N3O. The van der Waals surface area contributed by atoms with Gasteiger partial charge < -0.3 is 16.0 Å². The molecule has 19 heavy (non-hydrogen) atoms. The predicted molar refractivity (Wildman–Crippen MR) is 78.9 cm³/mol. The largest absolute Gasteiger partial charge is 0.355 e. The maximum Gasteiger partial charge on any atom is 0.236 e. The average Bonchev–Trinajstić information content (AvgIpc) is 2.41. The Morgan fingerprint density at radius 3 is 2.63 bits per heavy atom. The molecule has 1 aromatic rings. The van der Waals surface area contributed by atoms with E-state index in [0.29, 0.717) is 13.0 Å². The van der Waals surface area contributed by atoms with E-state index in [2.05, 4.69) is 22.3 Å². The molecular weight excluding hydrogens is 238 g/mol. The first-order chi connectivity index (χ1) is 9.09. The summed E-state index contributed by atoms with van der Waals surface area (Å²) >= 11 is 0. The van der Waals surface area contributed by atoms with E-state index in [1.54, 1.807) is 0 Å². The topological polar surface area (TPSA) is 58.4 Å². The predicted octanol–water partition coefficient (Wildman–Crippen LogP) is 1.01. The fraction of sp³-hybridized carbons (Fsp3) is 0.533. The number of rotatable bonds is 8. The second-order valence-electron chi connectivity index (χ2n) is 5.08. The molecule has 0 heterocycles. The molecule has 0 bridgehead atoms. The van der Waals surface area contributed by atoms with Gasteiger partial charge in [-0.25, -0.2) is 0 Å². The molecule has 1 unspecified atom stereocenters. The minimum Gasteiger partial charge on any atom is -0.355 e. The smallest absolute Gasteiger partial charge is 0.236 e. The Balaban J connectivity index is 2.18. The molecule has 0 saturated heterocycles. The van der Waals surface area contributed by atoms with Crippen molar-refractivity contribution in [2.75, 3.05) is 27.2 Å². The van der Waals surface area contributed by atoms with E-state index < -0.39 is 6.04 Å². The van der Waals surface area contributed by atoms with Crippen LogP contribution in [0.2, 0.25) is 0 Å². The van der Waals surface area contributed by atoms with Crippen molar-refractivity contribution >= 4 is 5.91 Å². The van der Waals surface area contributed by atoms with Gasteiger partial charge in [0, 0.05) is 6.54 Å². The zero-order valence-corrected chi connectivity index (χ0v) is 11.9. The highest BCUT2D eigenvalue weighted by atomic mass is 16.2. The van der Waals surface area contributed by atoms with E-state index in [-0.39, 0.29) is 5.91 Å². The van der Waals surface area contributed by atoms with Crippen LogP contribution in [0.4, 0.5) is 0 Å². The van der Waals surface area contributed by atoms with Crippen molar-refractivity contribution < 1.29 is 4.79 Å². The van der Waals surface area contributed by atoms with E-state index in [4.69, 9.17) is 5.73 Å². The van der Waals surface area contributed by atoms with E-state index in [9.17, 15) is 4.79 Å². The molecule has 3 N–H and O–H groups in total. The summed E-state index contributed by atoms with van der Waals surface area (Å²) in [7, 11) is 4.04. The van der Waals surface area contributed by atoms with Crippen molar-refractivity contribution in [2.45, 2.75) is 25.3 Å². The van der Waals surface area contributed by atoms with Crippen LogP contribution in [0.15, 0.2) is 30.3 Å². The van der Waals surface area contributed by atoms with Crippen LogP contribution >= 0.6 is 0 Å². The number of benzene rings is 1. The van der Waals surface area contributed by atoms with Gasteiger partial charge in [-0.15, -0.1) is 0 Å². The first-order valence-electron chi connectivity index (χ1n) is 6.81. The van der Waals surface area contributed by atoms with Crippen LogP contribution in [-0.4, -0.2) is 44.0 Å². The Hall–Kier alpha value is -1.39. The first-order valence-corrected chi connectivity index (χ1v) is 6.81. The van der Waals surface area contributed by atoms with Gasteiger partial charge >= 0.3 is 0 Å². The van der Waals surface area contributed by atoms with Crippen LogP contribution < -0.4 is 11.1 Å². The van der Waals surface area contributed by atoms with Crippen molar-refractivity contribution in [2.24, 2.45) is 5.73 Å². The lowest BCUT2D eigenvalue weighted by atomic mass is 10.1. The molecule has 0 aromatic heterocycles. The molecule has 1 aromatic carbocycles. The van der Waals surface area contributed by atoms with Gasteiger partial charge in [0.2, 0.25) is 5.91 Å². The molecule has 0 aliphatic carbocycles. The Morgan fingerprint density at radius 2 is 2.00 bits per heavy atom. The van der Waals surface area contributed by atoms with E-state index >= 15 is 0 Å². The molecule has 4 nitrogen and oxygen atoms in total. The van der Waals surface area contributed by atoms with Crippen LogP contribution in [0.3, 0.4) is 0 Å². The van der Waals surface area contributed by atoms with Crippen molar-refractivity contribution in [3.63, 3.8) is 0 Å². The zero-order chi connectivity index (χ0) is 14.1. The third-order valence-electron chi connectivity index (χ3n) is 3.00. The summed E-state index contributed by atoms with van der Waals surface area (Å²) in [5.41, 5.74) is 7.11. The molecule has 0 saturated carbocycles. The number of hydrogen-bond acceptors (Lipinski definition) is 3. The van der Waals surface area contributed by atoms with Crippen molar-refractivity contribution in [1.82, 2.24) is 10.2 Å². The van der Waals surface area contributed by atoms with Gasteiger partial charge in [0.25, 0.3) is 0 Å². The SMILES string of the molecule is CN(C)CCCNC(=O)C(N)CCc1ccccc1. The standard InChI is InChI=1S/C15H25N3O/c1-18(2)12-6-11-17-15(19)14(16)10-9-13-7-4-3-5-8-13/h3-5,7-8,14H,6,9-12,16H2,1-2H3,(H,17,19). The Kier molecular flexibility index (Phi) is 7.15. The summed E-state index contributed by atoms with van der Waals surface area (Å²) < 4.78 is 0. The summed E-state index contributed by atoms with van der Waals surface area (Å²) in [6.07, 6.45) is 2.47. The summed E-state index contributed by atoms with van der Waals surface area (Å²) in [6, 6.07) is 9.69. The van der Waals surface area contributed by atoms with Crippen LogP contribution in [0, 0.1) is 0 Å². The molecule has 0 fully saturated rings. The maximum atomic E-state index is 11.8. The molecule has 1 atom stereocenters. The molecule has 0 spiro atoms. The Bertz CT molecular complexity index is 365. The molecule has 1 rings (SSSR count). The molecule has 0 radical (unpaired) electrons. The average molecular weight is 263 g/mol. The minimum absolute atomic E-state index is 0.0466. The fourth-order valence-corrected chi connectivity index (χ4v) is 1.84. The normalized spacial score (nSPS) is 12.4. The van der Waals surface area contributed by atoms with E-state index in [0.717, 1.165) is 19.4 Å². The van der Waals surface area contributed by atoms with Crippen LogP contribution in [0.1, 0.15) is 18.4 Å². The zero-order valence-electron chi connectivity index (χ0n) is 11.9. The highest BCUT2D eigenvalue weighted by Gasteiger charge is 2.12. The van der Waals surface area contributed by atoms with Crippen molar-refractivity contribution in [3.8, 4) is 0 Å². The number of amides is 1. The fourth-order valence-electron chi connectivity index (χ4n) is 1.84. The molecule has 1 amide bonds. The number of carbonyl (C=O) groups excluding carboxylic acids is 1. The summed E-state index contributed by atoms with van der Waals surface area (Å²) in [5, 5.41) is 2.88. The number of nitrogens with two attached hydrogens (primary N) is 1. The van der Waals surface area contributed by atoms with E-state index in [1.165, 1.54) is 5.56 Å². The van der Waals surface area contributed by atoms with Crippen LogP contribution in [0.5, 0.6) is 0 Å². The van der Waals surface area contributed by atoms with Gasteiger partial charge in [-0.3, -0.25) is 4.79 Å². The minimum atomic E-state index is -0.417. The summed E-state index contributed by atoms with van der Waals surface area (Å²) in [4.78, 5) is 13.9. The number of aryl methyl sites for hydroxylation is 1. The second-order valence-corrected chi connectivity index (χ2v) is 5.08. The lowest BCUT2D eigenvalue weighted by molar-refractivity contribution is -0.122. The first kappa shape index (κ1) is 15.7. The quantitative estimate of drug-likeness (QED) is 0.688. The van der Waals surface area contributed by atoms with Crippen molar-refractivity contribution in [1.29, 1.82) is 0 Å². The second kappa shape index (κ2) is 8.67. The van der Waals surface area contributed by atoms with Gasteiger partial charge in [0.1, 0.15) is 0 Å². The molecule has 106 valence electrons. The summed E-state index contributed by atoms with van der Waals surface area (Å²) in [6.45, 7) is 1.66. The maximum absolute atomic E-state index is 11.8. The van der Waals surface area contributed by atoms with Gasteiger partial charge in [-0.1, -0.05) is 30.3 Å². The van der Waals surface area contributed by atoms with E-state index in [1.807, 2.05) is 32.3 Å². The van der Waals surface area contributed by atoms with Crippen LogP contribution in [0.25, 0.3) is 0 Å². The third-order valence-corrected chi connectivity index (χ3v) is 3.00. The number of nitrogens with one attached hydrogen (secondary N) is 1. The Morgan fingerprint density at radius 1 is 1.32 bits per heavy atom. The monoisotopic (exact) mass is 263 g/mol. The van der Waals surface area contributed by atoms with Gasteiger partial charge in [-0.2, -0.15) is 0 Å². The summed E-state index contributed by atoms with van der Waals surface area (Å²) in [5.74, 6) is -0.0466. The third kappa shape index (κ3) is 6.94. The van der Waals surface area contributed by atoms with Gasteiger partial charge in [0.05, 0.1) is 6.04 Å². The van der Waals surface area contributed by atoms with Gasteiger partial charge in [0.15, 0.2) is 0 Å². The highest BCUT2D eigenvalue weighted by molar-refractivity contribution is 5.81. The lowest BCUT2D eigenvalue weighted by Crippen LogP contribution is -2.41. The molecule has 0 aliphatic rings. The number of nitrogens with zero attached hydrogens (tertiary/aromatic N) is 1. The molecule has 0 aliphatic heterocycles. The lowest BCUT2D eigenvalue weighted by Gasteiger charge is -2.13. The van der Waals surface area contributed by atoms with Crippen LogP contribution in [-0.2, 0) is 11.2 Å². The Labute approximate surface area is 116 Å². The molecule has 4 heteroatoms. The van der Waals surface area contributed by atoms with Crippen molar-refractivity contribution in [3.05, 3.63) is 35.9 Å². The number of hydrogen-bond donors (Lipinski definition) is 2. The number of carbonyl (C=O) groups is 1.